The standard InChI is InChI=1S/C22H26FNO4/c1-26-19-4-2-5-20(14-19)28-16-21-15-24(12-13-27-21)11-3-6-22(25)17-7-9-18(23)10-8-17/h2,4-5,7-10,14,21H,3,6,11-13,15-16H2,1H3. The molecule has 0 aliphatic carbocycles. The van der Waals surface area contributed by atoms with E-state index in [4.69, 9.17) is 14.2 Å². The second kappa shape index (κ2) is 10.2. The van der Waals surface area contributed by atoms with E-state index in [1.165, 1.54) is 12.1 Å². The highest BCUT2D eigenvalue weighted by molar-refractivity contribution is 5.95. The average Bonchev–Trinajstić information content (AvgIpc) is 2.73. The van der Waals surface area contributed by atoms with Crippen LogP contribution < -0.4 is 9.47 Å². The number of methoxy groups -OCH3 is 1. The molecule has 0 bridgehead atoms. The van der Waals surface area contributed by atoms with Gasteiger partial charge in [-0.05, 0) is 49.4 Å². The van der Waals surface area contributed by atoms with Gasteiger partial charge in [0.25, 0.3) is 0 Å². The first kappa shape index (κ1) is 20.3. The number of halogens is 1. The summed E-state index contributed by atoms with van der Waals surface area (Å²) in [5.41, 5.74) is 0.563. The third kappa shape index (κ3) is 6.04. The number of hydrogen-bond acceptors (Lipinski definition) is 5. The number of carbonyl (C=O) groups excluding carboxylic acids is 1. The fourth-order valence-corrected chi connectivity index (χ4v) is 3.21. The third-order valence-electron chi connectivity index (χ3n) is 4.74. The molecule has 1 atom stereocenters. The van der Waals surface area contributed by atoms with Crippen molar-refractivity contribution >= 4 is 5.78 Å². The molecule has 2 aromatic carbocycles. The van der Waals surface area contributed by atoms with Gasteiger partial charge in [0.05, 0.1) is 13.7 Å². The van der Waals surface area contributed by atoms with Crippen LogP contribution in [-0.4, -0.2) is 56.7 Å². The Bertz CT molecular complexity index is 765. The Balaban J connectivity index is 1.39. The van der Waals surface area contributed by atoms with E-state index >= 15 is 0 Å². The van der Waals surface area contributed by atoms with Gasteiger partial charge in [-0.15, -0.1) is 0 Å². The van der Waals surface area contributed by atoms with Gasteiger partial charge in [-0.3, -0.25) is 9.69 Å². The molecule has 5 nitrogen and oxygen atoms in total. The van der Waals surface area contributed by atoms with Gasteiger partial charge in [0.1, 0.15) is 30.0 Å². The molecule has 1 aliphatic rings. The molecular formula is C22H26FNO4. The normalized spacial score (nSPS) is 17.3. The number of ether oxygens (including phenoxy) is 3. The summed E-state index contributed by atoms with van der Waals surface area (Å²) in [6, 6.07) is 13.2. The molecule has 1 unspecified atom stereocenters. The number of ketones is 1. The van der Waals surface area contributed by atoms with Gasteiger partial charge < -0.3 is 14.2 Å². The van der Waals surface area contributed by atoms with Gasteiger partial charge in [-0.25, -0.2) is 4.39 Å². The number of rotatable bonds is 9. The molecule has 0 saturated carbocycles. The first-order chi connectivity index (χ1) is 13.6. The third-order valence-corrected chi connectivity index (χ3v) is 4.74. The minimum atomic E-state index is -0.327. The van der Waals surface area contributed by atoms with Crippen LogP contribution in [0.15, 0.2) is 48.5 Å². The number of benzene rings is 2. The molecule has 1 saturated heterocycles. The Kier molecular flexibility index (Phi) is 7.39. The lowest BCUT2D eigenvalue weighted by Crippen LogP contribution is -2.45. The van der Waals surface area contributed by atoms with Crippen LogP contribution in [0.5, 0.6) is 11.5 Å². The maximum Gasteiger partial charge on any atom is 0.162 e. The van der Waals surface area contributed by atoms with Crippen molar-refractivity contribution in [2.24, 2.45) is 0 Å². The predicted molar refractivity (Wildman–Crippen MR) is 105 cm³/mol. The molecule has 28 heavy (non-hydrogen) atoms. The highest BCUT2D eigenvalue weighted by Gasteiger charge is 2.21. The van der Waals surface area contributed by atoms with Crippen LogP contribution in [0.1, 0.15) is 23.2 Å². The highest BCUT2D eigenvalue weighted by Crippen LogP contribution is 2.19. The zero-order valence-electron chi connectivity index (χ0n) is 16.1. The summed E-state index contributed by atoms with van der Waals surface area (Å²) in [5, 5.41) is 0. The van der Waals surface area contributed by atoms with Gasteiger partial charge >= 0.3 is 0 Å². The lowest BCUT2D eigenvalue weighted by Gasteiger charge is -2.32. The van der Waals surface area contributed by atoms with Crippen LogP contribution in [-0.2, 0) is 4.74 Å². The number of nitrogens with zero attached hydrogens (tertiary/aromatic N) is 1. The van der Waals surface area contributed by atoms with Crippen molar-refractivity contribution in [3.63, 3.8) is 0 Å². The van der Waals surface area contributed by atoms with E-state index in [-0.39, 0.29) is 17.7 Å². The average molecular weight is 387 g/mol. The Hall–Kier alpha value is -2.44. The Morgan fingerprint density at radius 1 is 1.21 bits per heavy atom. The molecule has 6 heteroatoms. The fraction of sp³-hybridized carbons (Fsp3) is 0.409. The highest BCUT2D eigenvalue weighted by atomic mass is 19.1. The molecular weight excluding hydrogens is 361 g/mol. The second-order valence-corrected chi connectivity index (χ2v) is 6.82. The van der Waals surface area contributed by atoms with Crippen molar-refractivity contribution in [1.82, 2.24) is 4.90 Å². The van der Waals surface area contributed by atoms with E-state index in [1.807, 2.05) is 24.3 Å². The first-order valence-electron chi connectivity index (χ1n) is 9.53. The lowest BCUT2D eigenvalue weighted by atomic mass is 10.1. The number of Topliss-reactive ketones (excluding diaryl/α,β-unsaturated/α-hetero) is 1. The van der Waals surface area contributed by atoms with E-state index in [0.717, 1.165) is 37.6 Å². The summed E-state index contributed by atoms with van der Waals surface area (Å²) in [4.78, 5) is 14.5. The van der Waals surface area contributed by atoms with Crippen LogP contribution in [0.2, 0.25) is 0 Å². The van der Waals surface area contributed by atoms with E-state index in [0.29, 0.717) is 25.2 Å². The zero-order valence-corrected chi connectivity index (χ0v) is 16.1. The zero-order chi connectivity index (χ0) is 19.8. The van der Waals surface area contributed by atoms with E-state index in [1.54, 1.807) is 19.2 Å². The van der Waals surface area contributed by atoms with Gasteiger partial charge in [-0.1, -0.05) is 6.07 Å². The van der Waals surface area contributed by atoms with Crippen molar-refractivity contribution in [1.29, 1.82) is 0 Å². The first-order valence-corrected chi connectivity index (χ1v) is 9.53. The molecule has 1 heterocycles. The lowest BCUT2D eigenvalue weighted by molar-refractivity contribution is -0.0480. The topological polar surface area (TPSA) is 48.0 Å². The predicted octanol–water partition coefficient (Wildman–Crippen LogP) is 3.58. The van der Waals surface area contributed by atoms with E-state index in [2.05, 4.69) is 4.90 Å². The van der Waals surface area contributed by atoms with Crippen LogP contribution in [0.25, 0.3) is 0 Å². The van der Waals surface area contributed by atoms with Gasteiger partial charge in [0.2, 0.25) is 0 Å². The van der Waals surface area contributed by atoms with Crippen LogP contribution in [0, 0.1) is 5.82 Å². The molecule has 0 amide bonds. The van der Waals surface area contributed by atoms with E-state index in [9.17, 15) is 9.18 Å². The molecule has 1 fully saturated rings. The van der Waals surface area contributed by atoms with E-state index < -0.39 is 0 Å². The summed E-state index contributed by atoms with van der Waals surface area (Å²) in [6.07, 6.45) is 1.21. The van der Waals surface area contributed by atoms with Crippen molar-refractivity contribution < 1.29 is 23.4 Å². The van der Waals surface area contributed by atoms with Crippen molar-refractivity contribution in [3.8, 4) is 11.5 Å². The Morgan fingerprint density at radius 3 is 2.79 bits per heavy atom. The maximum atomic E-state index is 12.9. The van der Waals surface area contributed by atoms with Gasteiger partial charge in [-0.2, -0.15) is 0 Å². The molecule has 0 aromatic heterocycles. The maximum absolute atomic E-state index is 12.9. The smallest absolute Gasteiger partial charge is 0.162 e. The molecule has 1 aliphatic heterocycles. The molecule has 0 N–H and O–H groups in total. The Labute approximate surface area is 165 Å². The second-order valence-electron chi connectivity index (χ2n) is 6.82. The number of morpholine rings is 1. The summed E-state index contributed by atoms with van der Waals surface area (Å²) < 4.78 is 29.8. The Morgan fingerprint density at radius 2 is 2.00 bits per heavy atom. The molecule has 3 rings (SSSR count). The van der Waals surface area contributed by atoms with Crippen molar-refractivity contribution in [2.75, 3.05) is 40.0 Å². The van der Waals surface area contributed by atoms with Crippen LogP contribution in [0.4, 0.5) is 4.39 Å². The van der Waals surface area contributed by atoms with Gasteiger partial charge in [0.15, 0.2) is 5.78 Å². The summed E-state index contributed by atoms with van der Waals surface area (Å²) in [7, 11) is 1.63. The number of hydrogen-bond donors (Lipinski definition) is 0. The summed E-state index contributed by atoms with van der Waals surface area (Å²) >= 11 is 0. The fourth-order valence-electron chi connectivity index (χ4n) is 3.21. The minimum absolute atomic E-state index is 0.00671. The van der Waals surface area contributed by atoms with Crippen LogP contribution >= 0.6 is 0 Å². The molecule has 2 aromatic rings. The SMILES string of the molecule is COc1cccc(OCC2CN(CCCC(=O)c3ccc(F)cc3)CCO2)c1. The largest absolute Gasteiger partial charge is 0.497 e. The summed E-state index contributed by atoms with van der Waals surface area (Å²) in [6.45, 7) is 3.57. The number of carbonyl (C=O) groups is 1. The van der Waals surface area contributed by atoms with Crippen LogP contribution in [0.3, 0.4) is 0 Å². The summed E-state index contributed by atoms with van der Waals surface area (Å²) in [5.74, 6) is 1.23. The van der Waals surface area contributed by atoms with Crippen molar-refractivity contribution in [2.45, 2.75) is 18.9 Å². The van der Waals surface area contributed by atoms with Crippen molar-refractivity contribution in [3.05, 3.63) is 59.9 Å². The molecule has 0 radical (unpaired) electrons. The minimum Gasteiger partial charge on any atom is -0.497 e. The van der Waals surface area contributed by atoms with Gasteiger partial charge in [0, 0.05) is 31.1 Å². The quantitative estimate of drug-likeness (QED) is 0.616. The molecule has 150 valence electrons. The molecule has 0 spiro atoms. The monoisotopic (exact) mass is 387 g/mol.